The van der Waals surface area contributed by atoms with Gasteiger partial charge < -0.3 is 10.5 Å². The van der Waals surface area contributed by atoms with Crippen molar-refractivity contribution in [1.29, 1.82) is 0 Å². The van der Waals surface area contributed by atoms with Gasteiger partial charge >= 0.3 is 0 Å². The van der Waals surface area contributed by atoms with E-state index in [9.17, 15) is 4.79 Å². The molecule has 5 nitrogen and oxygen atoms in total. The molecule has 0 unspecified atom stereocenters. The number of nitrogens with zero attached hydrogens (tertiary/aromatic N) is 2. The fourth-order valence-corrected chi connectivity index (χ4v) is 2.39. The highest BCUT2D eigenvalue weighted by Gasteiger charge is 2.19. The lowest BCUT2D eigenvalue weighted by Gasteiger charge is -2.19. The predicted molar refractivity (Wildman–Crippen MR) is 79.1 cm³/mol. The van der Waals surface area contributed by atoms with E-state index in [4.69, 9.17) is 10.5 Å². The zero-order valence-electron chi connectivity index (χ0n) is 11.9. The molecule has 2 rings (SSSR count). The van der Waals surface area contributed by atoms with Crippen molar-refractivity contribution < 1.29 is 9.53 Å². The summed E-state index contributed by atoms with van der Waals surface area (Å²) < 4.78 is 5.09. The molecule has 2 heterocycles. The Balaban J connectivity index is 2.57. The largest absolute Gasteiger partial charge is 0.473 e. The van der Waals surface area contributed by atoms with Crippen LogP contribution >= 0.6 is 11.3 Å². The van der Waals surface area contributed by atoms with Crippen LogP contribution < -0.4 is 10.5 Å². The third kappa shape index (κ3) is 2.96. The van der Waals surface area contributed by atoms with Crippen LogP contribution in [0.25, 0.3) is 10.4 Å². The van der Waals surface area contributed by atoms with E-state index >= 15 is 0 Å². The molecule has 0 spiro atoms. The number of rotatable bonds is 3. The molecule has 0 bridgehead atoms. The quantitative estimate of drug-likeness (QED) is 0.942. The summed E-state index contributed by atoms with van der Waals surface area (Å²) in [6, 6.07) is 3.64. The highest BCUT2D eigenvalue weighted by Crippen LogP contribution is 2.32. The van der Waals surface area contributed by atoms with Gasteiger partial charge in [0.15, 0.2) is 0 Å². The van der Waals surface area contributed by atoms with Gasteiger partial charge in [0, 0.05) is 17.3 Å². The smallest absolute Gasteiger partial charge is 0.273 e. The first-order valence-electron chi connectivity index (χ1n) is 6.14. The number of hydrogen-bond donors (Lipinski definition) is 1. The highest BCUT2D eigenvalue weighted by molar-refractivity contribution is 7.16. The first-order valence-corrected chi connectivity index (χ1v) is 6.95. The number of methoxy groups -OCH3 is 1. The molecule has 0 saturated heterocycles. The minimum absolute atomic E-state index is 0.172. The molecular weight excluding hydrogens is 274 g/mol. The van der Waals surface area contributed by atoms with Gasteiger partial charge in [-0.3, -0.25) is 4.79 Å². The molecule has 2 N–H and O–H groups in total. The number of primary amides is 1. The molecule has 0 saturated carbocycles. The average molecular weight is 291 g/mol. The number of pyridine rings is 1. The Kier molecular flexibility index (Phi) is 3.76. The van der Waals surface area contributed by atoms with Crippen molar-refractivity contribution in [3.05, 3.63) is 29.7 Å². The molecule has 0 aliphatic heterocycles. The van der Waals surface area contributed by atoms with E-state index in [1.807, 2.05) is 26.8 Å². The van der Waals surface area contributed by atoms with Crippen molar-refractivity contribution in [3.8, 4) is 15.6 Å². The van der Waals surface area contributed by atoms with Crippen molar-refractivity contribution in [3.63, 3.8) is 0 Å². The molecule has 0 atom stereocenters. The Labute approximate surface area is 121 Å². The summed E-state index contributed by atoms with van der Waals surface area (Å²) in [6.07, 6.45) is 1.72. The second kappa shape index (κ2) is 5.20. The monoisotopic (exact) mass is 291 g/mol. The molecule has 2 aromatic heterocycles. The second-order valence-electron chi connectivity index (χ2n) is 5.44. The van der Waals surface area contributed by atoms with E-state index in [1.54, 1.807) is 19.4 Å². The summed E-state index contributed by atoms with van der Waals surface area (Å²) in [5.41, 5.74) is 7.15. The Bertz CT molecular complexity index is 644. The minimum Gasteiger partial charge on any atom is -0.473 e. The average Bonchev–Trinajstić information content (AvgIpc) is 2.86. The van der Waals surface area contributed by atoms with Crippen LogP contribution in [0.5, 0.6) is 5.19 Å². The number of hydrogen-bond acceptors (Lipinski definition) is 5. The fraction of sp³-hybridized carbons (Fsp3) is 0.357. The lowest BCUT2D eigenvalue weighted by molar-refractivity contribution is 0.0995. The van der Waals surface area contributed by atoms with Gasteiger partial charge in [0.2, 0.25) is 0 Å². The van der Waals surface area contributed by atoms with Gasteiger partial charge in [-0.25, -0.2) is 9.97 Å². The molecule has 0 aliphatic rings. The first kappa shape index (κ1) is 14.5. The van der Waals surface area contributed by atoms with E-state index in [2.05, 4.69) is 9.97 Å². The molecule has 0 fully saturated rings. The summed E-state index contributed by atoms with van der Waals surface area (Å²) in [7, 11) is 1.57. The van der Waals surface area contributed by atoms with E-state index in [-0.39, 0.29) is 11.1 Å². The van der Waals surface area contributed by atoms with E-state index in [0.29, 0.717) is 5.19 Å². The number of carbonyl (C=O) groups excluding carboxylic acids is 1. The van der Waals surface area contributed by atoms with Gasteiger partial charge in [0.1, 0.15) is 5.69 Å². The molecule has 106 valence electrons. The molecule has 0 radical (unpaired) electrons. The molecular formula is C14H17N3O2S. The molecule has 0 aliphatic carbocycles. The van der Waals surface area contributed by atoms with Crippen LogP contribution in [0.15, 0.2) is 18.3 Å². The van der Waals surface area contributed by atoms with Gasteiger partial charge in [-0.1, -0.05) is 32.1 Å². The zero-order valence-corrected chi connectivity index (χ0v) is 12.7. The number of ether oxygens (including phenoxy) is 1. The third-order valence-electron chi connectivity index (χ3n) is 2.79. The number of amides is 1. The van der Waals surface area contributed by atoms with Gasteiger partial charge in [-0.15, -0.1) is 0 Å². The number of carbonyl (C=O) groups is 1. The Hall–Kier alpha value is -1.95. The SMILES string of the molecule is COc1ncc(-c2cc(C(N)=O)nc(C(C)(C)C)c2)s1. The Morgan fingerprint density at radius 1 is 1.35 bits per heavy atom. The van der Waals surface area contributed by atoms with E-state index in [0.717, 1.165) is 16.1 Å². The maximum atomic E-state index is 11.4. The number of thiazole rings is 1. The summed E-state index contributed by atoms with van der Waals surface area (Å²) in [6.45, 7) is 6.12. The van der Waals surface area contributed by atoms with Crippen LogP contribution in [0.3, 0.4) is 0 Å². The number of aromatic nitrogens is 2. The third-order valence-corrected chi connectivity index (χ3v) is 3.80. The number of nitrogens with two attached hydrogens (primary N) is 1. The fourth-order valence-electron chi connectivity index (χ4n) is 1.67. The van der Waals surface area contributed by atoms with Crippen molar-refractivity contribution in [2.45, 2.75) is 26.2 Å². The normalized spacial score (nSPS) is 11.4. The Morgan fingerprint density at radius 2 is 2.05 bits per heavy atom. The molecule has 20 heavy (non-hydrogen) atoms. The van der Waals surface area contributed by atoms with Gasteiger partial charge in [0.05, 0.1) is 12.0 Å². The molecule has 0 aromatic carbocycles. The summed E-state index contributed by atoms with van der Waals surface area (Å²) in [5.74, 6) is -0.533. The zero-order chi connectivity index (χ0) is 14.9. The standard InChI is InChI=1S/C14H17N3O2S/c1-14(2,3)11-6-8(5-9(17-11)12(15)18)10-7-16-13(19-4)20-10/h5-7H,1-4H3,(H2,15,18). The van der Waals surface area contributed by atoms with Crippen LogP contribution in [0.4, 0.5) is 0 Å². The lowest BCUT2D eigenvalue weighted by atomic mass is 9.90. The highest BCUT2D eigenvalue weighted by atomic mass is 32.1. The van der Waals surface area contributed by atoms with Gasteiger partial charge in [-0.2, -0.15) is 0 Å². The molecule has 2 aromatic rings. The maximum Gasteiger partial charge on any atom is 0.273 e. The molecule has 6 heteroatoms. The van der Waals surface area contributed by atoms with Crippen molar-refractivity contribution in [2.75, 3.05) is 7.11 Å². The van der Waals surface area contributed by atoms with Crippen LogP contribution in [-0.2, 0) is 5.41 Å². The Morgan fingerprint density at radius 3 is 2.55 bits per heavy atom. The van der Waals surface area contributed by atoms with Crippen molar-refractivity contribution in [2.24, 2.45) is 5.73 Å². The predicted octanol–water partition coefficient (Wildman–Crippen LogP) is 2.61. The maximum absolute atomic E-state index is 11.4. The van der Waals surface area contributed by atoms with Crippen LogP contribution in [-0.4, -0.2) is 23.0 Å². The van der Waals surface area contributed by atoms with Crippen molar-refractivity contribution >= 4 is 17.2 Å². The van der Waals surface area contributed by atoms with E-state index < -0.39 is 5.91 Å². The van der Waals surface area contributed by atoms with Gasteiger partial charge in [-0.05, 0) is 17.7 Å². The van der Waals surface area contributed by atoms with Crippen molar-refractivity contribution in [1.82, 2.24) is 9.97 Å². The summed E-state index contributed by atoms with van der Waals surface area (Å²) in [5, 5.41) is 0.578. The lowest BCUT2D eigenvalue weighted by Crippen LogP contribution is -2.19. The second-order valence-corrected chi connectivity index (χ2v) is 6.43. The molecule has 1 amide bonds. The first-order chi connectivity index (χ1) is 9.31. The minimum atomic E-state index is -0.533. The van der Waals surface area contributed by atoms with Crippen LogP contribution in [0, 0.1) is 0 Å². The van der Waals surface area contributed by atoms with E-state index in [1.165, 1.54) is 11.3 Å². The van der Waals surface area contributed by atoms with Crippen LogP contribution in [0.2, 0.25) is 0 Å². The summed E-state index contributed by atoms with van der Waals surface area (Å²) >= 11 is 1.41. The summed E-state index contributed by atoms with van der Waals surface area (Å²) in [4.78, 5) is 20.8. The van der Waals surface area contributed by atoms with Crippen LogP contribution in [0.1, 0.15) is 37.0 Å². The topological polar surface area (TPSA) is 78.1 Å². The van der Waals surface area contributed by atoms with Gasteiger partial charge in [0.25, 0.3) is 11.1 Å².